The van der Waals surface area contributed by atoms with Gasteiger partial charge in [0.1, 0.15) is 6.04 Å². The van der Waals surface area contributed by atoms with Gasteiger partial charge in [-0.3, -0.25) is 4.79 Å². The first-order valence-electron chi connectivity index (χ1n) is 6.37. The van der Waals surface area contributed by atoms with Crippen LogP contribution in [0.1, 0.15) is 53.4 Å². The van der Waals surface area contributed by atoms with Crippen LogP contribution in [0.5, 0.6) is 0 Å². The van der Waals surface area contributed by atoms with Gasteiger partial charge in [0.05, 0.1) is 6.61 Å². The maximum Gasteiger partial charge on any atom is 0.322 e. The highest BCUT2D eigenvalue weighted by atomic mass is 16.5. The number of esters is 1. The molecule has 3 heteroatoms. The van der Waals surface area contributed by atoms with Gasteiger partial charge in [-0.05, 0) is 38.5 Å². The van der Waals surface area contributed by atoms with Gasteiger partial charge in [0, 0.05) is 6.04 Å². The normalized spacial score (nSPS) is 26.1. The van der Waals surface area contributed by atoms with Gasteiger partial charge in [-0.15, -0.1) is 0 Å². The number of rotatable bonds is 4. The number of ether oxygens (including phenoxy) is 1. The molecule has 1 aliphatic carbocycles. The van der Waals surface area contributed by atoms with E-state index in [1.165, 1.54) is 19.3 Å². The van der Waals surface area contributed by atoms with Crippen LogP contribution >= 0.6 is 0 Å². The molecule has 0 aromatic heterocycles. The second-order valence-corrected chi connectivity index (χ2v) is 5.60. The minimum atomic E-state index is -0.182. The number of carbonyl (C=O) groups excluding carboxylic acids is 1. The van der Waals surface area contributed by atoms with Crippen LogP contribution in [0.25, 0.3) is 0 Å². The summed E-state index contributed by atoms with van der Waals surface area (Å²) < 4.78 is 5.00. The zero-order chi connectivity index (χ0) is 12.2. The van der Waals surface area contributed by atoms with E-state index in [9.17, 15) is 4.79 Å². The highest BCUT2D eigenvalue weighted by molar-refractivity contribution is 5.75. The molecule has 0 spiro atoms. The van der Waals surface area contributed by atoms with Gasteiger partial charge in [0.25, 0.3) is 0 Å². The van der Waals surface area contributed by atoms with Gasteiger partial charge >= 0.3 is 5.97 Å². The Bertz CT molecular complexity index is 238. The second-order valence-electron chi connectivity index (χ2n) is 5.60. The van der Waals surface area contributed by atoms with Crippen molar-refractivity contribution in [3.63, 3.8) is 0 Å². The van der Waals surface area contributed by atoms with Crippen LogP contribution in [-0.2, 0) is 9.53 Å². The predicted octanol–water partition coefficient (Wildman–Crippen LogP) is 2.50. The van der Waals surface area contributed by atoms with E-state index in [-0.39, 0.29) is 12.0 Å². The summed E-state index contributed by atoms with van der Waals surface area (Å²) in [7, 11) is 0. The van der Waals surface area contributed by atoms with Gasteiger partial charge in [0.15, 0.2) is 0 Å². The summed E-state index contributed by atoms with van der Waals surface area (Å²) >= 11 is 0. The molecule has 16 heavy (non-hydrogen) atoms. The predicted molar refractivity (Wildman–Crippen MR) is 65.3 cm³/mol. The van der Waals surface area contributed by atoms with Crippen molar-refractivity contribution in [3.8, 4) is 0 Å². The number of carbonyl (C=O) groups is 1. The maximum atomic E-state index is 11.5. The Morgan fingerprint density at radius 3 is 2.81 bits per heavy atom. The van der Waals surface area contributed by atoms with Gasteiger partial charge in [-0.25, -0.2) is 0 Å². The third-order valence-corrected chi connectivity index (χ3v) is 3.33. The summed E-state index contributed by atoms with van der Waals surface area (Å²) in [5.41, 5.74) is 0.407. The maximum absolute atomic E-state index is 11.5. The number of hydrogen-bond acceptors (Lipinski definition) is 3. The zero-order valence-corrected chi connectivity index (χ0v) is 11.0. The van der Waals surface area contributed by atoms with Gasteiger partial charge < -0.3 is 10.1 Å². The fourth-order valence-corrected chi connectivity index (χ4v) is 2.53. The minimum Gasteiger partial charge on any atom is -0.465 e. The fourth-order valence-electron chi connectivity index (χ4n) is 2.53. The van der Waals surface area contributed by atoms with E-state index in [0.29, 0.717) is 18.1 Å². The lowest BCUT2D eigenvalue weighted by Crippen LogP contribution is -2.45. The third-order valence-electron chi connectivity index (χ3n) is 3.33. The Labute approximate surface area is 98.9 Å². The van der Waals surface area contributed by atoms with Crippen molar-refractivity contribution >= 4 is 5.97 Å². The standard InChI is InChI=1S/C13H25NO2/c1-5-16-12(15)10(2)14-11-7-6-8-13(3,4)9-11/h10-11,14H,5-9H2,1-4H3. The number of hydrogen-bond donors (Lipinski definition) is 1. The van der Waals surface area contributed by atoms with Gasteiger partial charge in [-0.2, -0.15) is 0 Å². The van der Waals surface area contributed by atoms with E-state index >= 15 is 0 Å². The van der Waals surface area contributed by atoms with E-state index in [0.717, 1.165) is 6.42 Å². The Balaban J connectivity index is 2.39. The van der Waals surface area contributed by atoms with Crippen LogP contribution < -0.4 is 5.32 Å². The molecule has 0 aromatic carbocycles. The molecule has 1 N–H and O–H groups in total. The lowest BCUT2D eigenvalue weighted by Gasteiger charge is -2.36. The SMILES string of the molecule is CCOC(=O)C(C)NC1CCCC(C)(C)C1. The van der Waals surface area contributed by atoms with Gasteiger partial charge in [0.2, 0.25) is 0 Å². The third kappa shape index (κ3) is 4.12. The van der Waals surface area contributed by atoms with E-state index in [4.69, 9.17) is 4.74 Å². The van der Waals surface area contributed by atoms with Gasteiger partial charge in [-0.1, -0.05) is 20.3 Å². The van der Waals surface area contributed by atoms with Crippen molar-refractivity contribution in [1.29, 1.82) is 0 Å². The molecule has 0 heterocycles. The highest BCUT2D eigenvalue weighted by Crippen LogP contribution is 2.35. The lowest BCUT2D eigenvalue weighted by atomic mass is 9.75. The van der Waals surface area contributed by atoms with Crippen molar-refractivity contribution in [3.05, 3.63) is 0 Å². The molecule has 2 unspecified atom stereocenters. The molecule has 94 valence electrons. The molecule has 0 radical (unpaired) electrons. The van der Waals surface area contributed by atoms with Crippen LogP contribution in [0.3, 0.4) is 0 Å². The summed E-state index contributed by atoms with van der Waals surface area (Å²) in [6, 6.07) is 0.280. The summed E-state index contributed by atoms with van der Waals surface area (Å²) in [6.45, 7) is 8.79. The topological polar surface area (TPSA) is 38.3 Å². The average Bonchev–Trinajstić information content (AvgIpc) is 2.16. The monoisotopic (exact) mass is 227 g/mol. The Hall–Kier alpha value is -0.570. The lowest BCUT2D eigenvalue weighted by molar-refractivity contribution is -0.145. The Morgan fingerprint density at radius 2 is 2.25 bits per heavy atom. The number of nitrogens with one attached hydrogen (secondary N) is 1. The smallest absolute Gasteiger partial charge is 0.322 e. The van der Waals surface area contributed by atoms with Crippen LogP contribution in [0.4, 0.5) is 0 Å². The molecule has 1 rings (SSSR count). The van der Waals surface area contributed by atoms with Crippen molar-refractivity contribution < 1.29 is 9.53 Å². The van der Waals surface area contributed by atoms with E-state index in [2.05, 4.69) is 19.2 Å². The van der Waals surface area contributed by atoms with E-state index in [1.54, 1.807) is 0 Å². The molecule has 0 aromatic rings. The minimum absolute atomic E-state index is 0.133. The average molecular weight is 227 g/mol. The molecule has 0 amide bonds. The molecule has 3 nitrogen and oxygen atoms in total. The first kappa shape index (κ1) is 13.5. The fraction of sp³-hybridized carbons (Fsp3) is 0.923. The quantitative estimate of drug-likeness (QED) is 0.750. The molecule has 1 saturated carbocycles. The molecule has 1 aliphatic rings. The van der Waals surface area contributed by atoms with Crippen molar-refractivity contribution in [2.45, 2.75) is 65.5 Å². The zero-order valence-electron chi connectivity index (χ0n) is 11.0. The molecule has 2 atom stereocenters. The van der Waals surface area contributed by atoms with Crippen molar-refractivity contribution in [2.24, 2.45) is 5.41 Å². The van der Waals surface area contributed by atoms with Crippen LogP contribution in [-0.4, -0.2) is 24.7 Å². The van der Waals surface area contributed by atoms with Crippen LogP contribution in [0.15, 0.2) is 0 Å². The summed E-state index contributed by atoms with van der Waals surface area (Å²) in [4.78, 5) is 11.5. The summed E-state index contributed by atoms with van der Waals surface area (Å²) in [6.07, 6.45) is 4.86. The van der Waals surface area contributed by atoms with Crippen molar-refractivity contribution in [1.82, 2.24) is 5.32 Å². The molecular formula is C13H25NO2. The summed E-state index contributed by atoms with van der Waals surface area (Å²) in [5, 5.41) is 3.38. The molecule has 0 bridgehead atoms. The molecule has 0 saturated heterocycles. The van der Waals surface area contributed by atoms with Crippen molar-refractivity contribution in [2.75, 3.05) is 6.61 Å². The Morgan fingerprint density at radius 1 is 1.56 bits per heavy atom. The highest BCUT2D eigenvalue weighted by Gasteiger charge is 2.29. The molecule has 0 aliphatic heterocycles. The van der Waals surface area contributed by atoms with E-state index in [1.807, 2.05) is 13.8 Å². The largest absolute Gasteiger partial charge is 0.465 e. The second kappa shape index (κ2) is 5.67. The first-order valence-corrected chi connectivity index (χ1v) is 6.37. The summed E-state index contributed by atoms with van der Waals surface area (Å²) in [5.74, 6) is -0.133. The van der Waals surface area contributed by atoms with Crippen LogP contribution in [0.2, 0.25) is 0 Å². The van der Waals surface area contributed by atoms with E-state index < -0.39 is 0 Å². The molecule has 1 fully saturated rings. The first-order chi connectivity index (χ1) is 7.44. The van der Waals surface area contributed by atoms with Crippen LogP contribution in [0, 0.1) is 5.41 Å². The Kier molecular flexibility index (Phi) is 4.78. The molecular weight excluding hydrogens is 202 g/mol.